The van der Waals surface area contributed by atoms with E-state index < -0.39 is 0 Å². The standard InChI is InChI=1S/C12H16ClN/c1-2-12(7-8-14-12)9-10-5-3-4-6-11(10)13/h3-6,14H,2,7-9H2,1H3. The van der Waals surface area contributed by atoms with Gasteiger partial charge in [-0.05, 0) is 37.4 Å². The third-order valence-corrected chi connectivity index (χ3v) is 3.64. The highest BCUT2D eigenvalue weighted by molar-refractivity contribution is 6.31. The van der Waals surface area contributed by atoms with Crippen LogP contribution in [-0.4, -0.2) is 12.1 Å². The van der Waals surface area contributed by atoms with Crippen LogP contribution in [0.5, 0.6) is 0 Å². The average Bonchev–Trinajstić information content (AvgIpc) is 2.14. The molecule has 0 bridgehead atoms. The van der Waals surface area contributed by atoms with Crippen molar-refractivity contribution in [1.82, 2.24) is 5.32 Å². The highest BCUT2D eigenvalue weighted by atomic mass is 35.5. The lowest BCUT2D eigenvalue weighted by Gasteiger charge is -2.43. The Bertz CT molecular complexity index is 312. The van der Waals surface area contributed by atoms with Gasteiger partial charge in [0.25, 0.3) is 0 Å². The molecule has 1 fully saturated rings. The summed E-state index contributed by atoms with van der Waals surface area (Å²) in [6.45, 7) is 3.39. The van der Waals surface area contributed by atoms with Crippen molar-refractivity contribution in [3.8, 4) is 0 Å². The zero-order valence-corrected chi connectivity index (χ0v) is 9.27. The second-order valence-corrected chi connectivity index (χ2v) is 4.49. The van der Waals surface area contributed by atoms with Crippen LogP contribution in [-0.2, 0) is 6.42 Å². The van der Waals surface area contributed by atoms with Gasteiger partial charge in [0.2, 0.25) is 0 Å². The van der Waals surface area contributed by atoms with E-state index in [1.165, 1.54) is 18.4 Å². The van der Waals surface area contributed by atoms with E-state index in [9.17, 15) is 0 Å². The van der Waals surface area contributed by atoms with E-state index in [0.717, 1.165) is 18.0 Å². The predicted molar refractivity (Wildman–Crippen MR) is 60.8 cm³/mol. The van der Waals surface area contributed by atoms with Gasteiger partial charge in [-0.1, -0.05) is 36.7 Å². The van der Waals surface area contributed by atoms with Crippen LogP contribution in [0.15, 0.2) is 24.3 Å². The van der Waals surface area contributed by atoms with Crippen LogP contribution in [0, 0.1) is 0 Å². The molecular formula is C12H16ClN. The molecule has 1 heterocycles. The smallest absolute Gasteiger partial charge is 0.0438 e. The zero-order chi connectivity index (χ0) is 10.0. The molecule has 1 aromatic rings. The van der Waals surface area contributed by atoms with Crippen molar-refractivity contribution in [2.24, 2.45) is 0 Å². The Morgan fingerprint density at radius 3 is 2.64 bits per heavy atom. The van der Waals surface area contributed by atoms with Crippen LogP contribution in [0.3, 0.4) is 0 Å². The van der Waals surface area contributed by atoms with Crippen LogP contribution in [0.2, 0.25) is 5.02 Å². The molecule has 0 aromatic heterocycles. The molecule has 1 aromatic carbocycles. The lowest BCUT2D eigenvalue weighted by molar-refractivity contribution is 0.198. The third-order valence-electron chi connectivity index (χ3n) is 3.27. The fourth-order valence-electron chi connectivity index (χ4n) is 2.06. The van der Waals surface area contributed by atoms with Crippen molar-refractivity contribution in [2.75, 3.05) is 6.54 Å². The fourth-order valence-corrected chi connectivity index (χ4v) is 2.27. The molecule has 1 aliphatic heterocycles. The molecule has 1 aliphatic rings. The molecule has 1 unspecified atom stereocenters. The summed E-state index contributed by atoms with van der Waals surface area (Å²) in [7, 11) is 0. The lowest BCUT2D eigenvalue weighted by atomic mass is 9.80. The Morgan fingerprint density at radius 1 is 1.43 bits per heavy atom. The van der Waals surface area contributed by atoms with Gasteiger partial charge in [0.15, 0.2) is 0 Å². The van der Waals surface area contributed by atoms with Gasteiger partial charge in [0, 0.05) is 10.6 Å². The Kier molecular flexibility index (Phi) is 2.80. The Morgan fingerprint density at radius 2 is 2.14 bits per heavy atom. The first-order valence-corrected chi connectivity index (χ1v) is 5.62. The monoisotopic (exact) mass is 209 g/mol. The minimum atomic E-state index is 0.324. The molecule has 0 radical (unpaired) electrons. The Hall–Kier alpha value is -0.530. The Balaban J connectivity index is 2.13. The Labute approximate surface area is 90.5 Å². The van der Waals surface area contributed by atoms with Gasteiger partial charge in [-0.2, -0.15) is 0 Å². The maximum Gasteiger partial charge on any atom is 0.0438 e. The normalized spacial score (nSPS) is 25.9. The number of benzene rings is 1. The van der Waals surface area contributed by atoms with E-state index in [1.807, 2.05) is 12.1 Å². The summed E-state index contributed by atoms with van der Waals surface area (Å²) in [6, 6.07) is 8.14. The summed E-state index contributed by atoms with van der Waals surface area (Å²) < 4.78 is 0. The van der Waals surface area contributed by atoms with Gasteiger partial charge >= 0.3 is 0 Å². The maximum absolute atomic E-state index is 6.14. The molecule has 14 heavy (non-hydrogen) atoms. The van der Waals surface area contributed by atoms with E-state index in [-0.39, 0.29) is 0 Å². The zero-order valence-electron chi connectivity index (χ0n) is 8.52. The van der Waals surface area contributed by atoms with Crippen LogP contribution < -0.4 is 5.32 Å². The molecule has 0 saturated carbocycles. The topological polar surface area (TPSA) is 12.0 Å². The van der Waals surface area contributed by atoms with Crippen LogP contribution in [0.4, 0.5) is 0 Å². The van der Waals surface area contributed by atoms with Gasteiger partial charge in [-0.3, -0.25) is 0 Å². The highest BCUT2D eigenvalue weighted by Crippen LogP contribution is 2.29. The van der Waals surface area contributed by atoms with E-state index in [2.05, 4.69) is 24.4 Å². The molecular weight excluding hydrogens is 194 g/mol. The molecule has 0 spiro atoms. The first-order valence-electron chi connectivity index (χ1n) is 5.24. The third kappa shape index (κ3) is 1.79. The largest absolute Gasteiger partial charge is 0.311 e. The van der Waals surface area contributed by atoms with Crippen molar-refractivity contribution in [2.45, 2.75) is 31.7 Å². The number of rotatable bonds is 3. The van der Waals surface area contributed by atoms with Gasteiger partial charge in [-0.25, -0.2) is 0 Å². The van der Waals surface area contributed by atoms with Crippen molar-refractivity contribution in [1.29, 1.82) is 0 Å². The fraction of sp³-hybridized carbons (Fsp3) is 0.500. The van der Waals surface area contributed by atoms with Crippen LogP contribution in [0.25, 0.3) is 0 Å². The molecule has 1 N–H and O–H groups in total. The summed E-state index contributed by atoms with van der Waals surface area (Å²) in [5.74, 6) is 0. The minimum absolute atomic E-state index is 0.324. The van der Waals surface area contributed by atoms with E-state index in [0.29, 0.717) is 5.54 Å². The number of hydrogen-bond acceptors (Lipinski definition) is 1. The number of halogens is 1. The second kappa shape index (κ2) is 3.92. The van der Waals surface area contributed by atoms with Gasteiger partial charge in [0.1, 0.15) is 0 Å². The summed E-state index contributed by atoms with van der Waals surface area (Å²) in [4.78, 5) is 0. The predicted octanol–water partition coefficient (Wildman–Crippen LogP) is 3.02. The van der Waals surface area contributed by atoms with Crippen LogP contribution in [0.1, 0.15) is 25.3 Å². The first-order chi connectivity index (χ1) is 6.76. The van der Waals surface area contributed by atoms with Gasteiger partial charge in [0.05, 0.1) is 0 Å². The molecule has 1 saturated heterocycles. The minimum Gasteiger partial charge on any atom is -0.311 e. The molecule has 1 atom stereocenters. The highest BCUT2D eigenvalue weighted by Gasteiger charge is 2.34. The van der Waals surface area contributed by atoms with E-state index in [4.69, 9.17) is 11.6 Å². The molecule has 1 nitrogen and oxygen atoms in total. The van der Waals surface area contributed by atoms with Crippen LogP contribution >= 0.6 is 11.6 Å². The van der Waals surface area contributed by atoms with Crippen molar-refractivity contribution in [3.63, 3.8) is 0 Å². The molecule has 0 amide bonds. The van der Waals surface area contributed by atoms with Crippen molar-refractivity contribution in [3.05, 3.63) is 34.9 Å². The quantitative estimate of drug-likeness (QED) is 0.807. The lowest BCUT2D eigenvalue weighted by Crippen LogP contribution is -2.57. The van der Waals surface area contributed by atoms with Gasteiger partial charge < -0.3 is 5.32 Å². The van der Waals surface area contributed by atoms with Crippen molar-refractivity contribution >= 4 is 11.6 Å². The van der Waals surface area contributed by atoms with Crippen molar-refractivity contribution < 1.29 is 0 Å². The molecule has 76 valence electrons. The SMILES string of the molecule is CCC1(Cc2ccccc2Cl)CCN1. The summed E-state index contributed by atoms with van der Waals surface area (Å²) >= 11 is 6.14. The van der Waals surface area contributed by atoms with Gasteiger partial charge in [-0.15, -0.1) is 0 Å². The molecule has 0 aliphatic carbocycles. The average molecular weight is 210 g/mol. The molecule has 2 heteroatoms. The summed E-state index contributed by atoms with van der Waals surface area (Å²) in [5, 5.41) is 4.42. The maximum atomic E-state index is 6.14. The second-order valence-electron chi connectivity index (χ2n) is 4.08. The van der Waals surface area contributed by atoms with E-state index >= 15 is 0 Å². The van der Waals surface area contributed by atoms with E-state index in [1.54, 1.807) is 0 Å². The first kappa shape index (κ1) is 10.0. The summed E-state index contributed by atoms with van der Waals surface area (Å²) in [6.07, 6.45) is 3.51. The number of nitrogens with one attached hydrogen (secondary N) is 1. The molecule has 2 rings (SSSR count). The summed E-state index contributed by atoms with van der Waals surface area (Å²) in [5.41, 5.74) is 1.59. The number of hydrogen-bond donors (Lipinski definition) is 1.